The van der Waals surface area contributed by atoms with E-state index in [-0.39, 0.29) is 11.9 Å². The first-order valence-electron chi connectivity index (χ1n) is 6.26. The van der Waals surface area contributed by atoms with E-state index < -0.39 is 0 Å². The molecule has 2 aromatic rings. The summed E-state index contributed by atoms with van der Waals surface area (Å²) in [4.78, 5) is 12.0. The van der Waals surface area contributed by atoms with Gasteiger partial charge in [0, 0.05) is 12.8 Å². The van der Waals surface area contributed by atoms with Crippen molar-refractivity contribution in [2.75, 3.05) is 0 Å². The van der Waals surface area contributed by atoms with Crippen LogP contribution in [-0.2, 0) is 4.79 Å². The third-order valence-corrected chi connectivity index (χ3v) is 3.15. The van der Waals surface area contributed by atoms with E-state index in [1.54, 1.807) is 12.5 Å². The summed E-state index contributed by atoms with van der Waals surface area (Å²) in [5, 5.41) is 5.88. The molecule has 5 nitrogen and oxygen atoms in total. The summed E-state index contributed by atoms with van der Waals surface area (Å²) >= 11 is 0. The summed E-state index contributed by atoms with van der Waals surface area (Å²) in [6, 6.07) is 7.15. The van der Waals surface area contributed by atoms with Crippen LogP contribution in [0.1, 0.15) is 37.3 Å². The first kappa shape index (κ1) is 11.8. The highest BCUT2D eigenvalue weighted by molar-refractivity contribution is 6.01. The van der Waals surface area contributed by atoms with Gasteiger partial charge in [-0.05, 0) is 24.3 Å². The Morgan fingerprint density at radius 2 is 2.16 bits per heavy atom. The quantitative estimate of drug-likeness (QED) is 0.850. The molecule has 1 aliphatic heterocycles. The van der Waals surface area contributed by atoms with Crippen molar-refractivity contribution < 1.29 is 13.6 Å². The Labute approximate surface area is 110 Å². The lowest BCUT2D eigenvalue weighted by atomic mass is 10.1. The predicted molar refractivity (Wildman–Crippen MR) is 68.4 cm³/mol. The SMILES string of the molecule is CCC(=O)N1N=C(c2ccco2)C[C@H]1c1ccco1. The molecule has 1 atom stereocenters. The van der Waals surface area contributed by atoms with Crippen LogP contribution in [0.25, 0.3) is 0 Å². The van der Waals surface area contributed by atoms with Gasteiger partial charge in [0.1, 0.15) is 23.3 Å². The fraction of sp³-hybridized carbons (Fsp3) is 0.286. The summed E-state index contributed by atoms with van der Waals surface area (Å²) in [5.74, 6) is 1.41. The number of hydrogen-bond donors (Lipinski definition) is 0. The molecule has 0 radical (unpaired) electrons. The summed E-state index contributed by atoms with van der Waals surface area (Å²) in [6.45, 7) is 1.82. The van der Waals surface area contributed by atoms with Gasteiger partial charge >= 0.3 is 0 Å². The summed E-state index contributed by atoms with van der Waals surface area (Å²) in [6.07, 6.45) is 4.22. The zero-order valence-electron chi connectivity index (χ0n) is 10.6. The third-order valence-electron chi connectivity index (χ3n) is 3.15. The Hall–Kier alpha value is -2.30. The minimum atomic E-state index is -0.178. The minimum Gasteiger partial charge on any atom is -0.467 e. The van der Waals surface area contributed by atoms with Crippen molar-refractivity contribution in [2.24, 2.45) is 5.10 Å². The van der Waals surface area contributed by atoms with Crippen molar-refractivity contribution in [2.45, 2.75) is 25.8 Å². The van der Waals surface area contributed by atoms with E-state index in [9.17, 15) is 4.79 Å². The minimum absolute atomic E-state index is 0.0250. The molecule has 0 N–H and O–H groups in total. The topological polar surface area (TPSA) is 59.0 Å². The lowest BCUT2D eigenvalue weighted by Crippen LogP contribution is -2.25. The Morgan fingerprint density at radius 1 is 1.37 bits per heavy atom. The molecule has 0 aromatic carbocycles. The van der Waals surface area contributed by atoms with E-state index in [1.807, 2.05) is 31.2 Å². The molecule has 0 unspecified atom stereocenters. The standard InChI is InChI=1S/C14H14N2O3/c1-2-14(17)16-11(13-6-4-8-19-13)9-10(15-16)12-5-3-7-18-12/h3-8,11H,2,9H2,1H3/t11-/m0/s1. The number of rotatable bonds is 3. The number of furan rings is 2. The largest absolute Gasteiger partial charge is 0.467 e. The maximum Gasteiger partial charge on any atom is 0.243 e. The average Bonchev–Trinajstić information content (AvgIpc) is 3.14. The summed E-state index contributed by atoms with van der Waals surface area (Å²) in [7, 11) is 0. The third kappa shape index (κ3) is 2.07. The van der Waals surface area contributed by atoms with Gasteiger partial charge < -0.3 is 8.83 Å². The van der Waals surface area contributed by atoms with Gasteiger partial charge in [0.05, 0.1) is 12.5 Å². The Kier molecular flexibility index (Phi) is 2.95. The number of amides is 1. The molecule has 2 aromatic heterocycles. The fourth-order valence-electron chi connectivity index (χ4n) is 2.20. The molecular formula is C14H14N2O3. The molecule has 3 rings (SSSR count). The maximum absolute atomic E-state index is 12.0. The molecule has 5 heteroatoms. The van der Waals surface area contributed by atoms with E-state index in [4.69, 9.17) is 8.83 Å². The second-order valence-electron chi connectivity index (χ2n) is 4.35. The van der Waals surface area contributed by atoms with Gasteiger partial charge in [0.15, 0.2) is 0 Å². The highest BCUT2D eigenvalue weighted by Gasteiger charge is 2.34. The predicted octanol–water partition coefficient (Wildman–Crippen LogP) is 2.96. The van der Waals surface area contributed by atoms with Crippen molar-refractivity contribution in [3.05, 3.63) is 48.3 Å². The van der Waals surface area contributed by atoms with Crippen LogP contribution in [0, 0.1) is 0 Å². The zero-order valence-corrected chi connectivity index (χ0v) is 10.6. The molecule has 19 heavy (non-hydrogen) atoms. The monoisotopic (exact) mass is 258 g/mol. The molecular weight excluding hydrogens is 244 g/mol. The molecule has 0 aliphatic carbocycles. The normalized spacial score (nSPS) is 18.7. The van der Waals surface area contributed by atoms with Crippen LogP contribution in [0.4, 0.5) is 0 Å². The number of carbonyl (C=O) groups excluding carboxylic acids is 1. The van der Waals surface area contributed by atoms with Crippen molar-refractivity contribution in [1.29, 1.82) is 0 Å². The highest BCUT2D eigenvalue weighted by Crippen LogP contribution is 2.33. The Bertz CT molecular complexity index is 584. The molecule has 98 valence electrons. The van der Waals surface area contributed by atoms with Crippen LogP contribution < -0.4 is 0 Å². The van der Waals surface area contributed by atoms with Crippen LogP contribution in [0.15, 0.2) is 50.7 Å². The number of nitrogens with zero attached hydrogens (tertiary/aromatic N) is 2. The van der Waals surface area contributed by atoms with Gasteiger partial charge in [0.2, 0.25) is 5.91 Å². The lowest BCUT2D eigenvalue weighted by Gasteiger charge is -2.18. The Morgan fingerprint density at radius 3 is 2.79 bits per heavy atom. The number of carbonyl (C=O) groups is 1. The summed E-state index contributed by atoms with van der Waals surface area (Å²) < 4.78 is 10.8. The smallest absolute Gasteiger partial charge is 0.243 e. The molecule has 0 saturated carbocycles. The van der Waals surface area contributed by atoms with Crippen LogP contribution in [0.5, 0.6) is 0 Å². The molecule has 3 heterocycles. The maximum atomic E-state index is 12.0. The second-order valence-corrected chi connectivity index (χ2v) is 4.35. The van der Waals surface area contributed by atoms with Crippen LogP contribution in [0.2, 0.25) is 0 Å². The van der Waals surface area contributed by atoms with Crippen LogP contribution in [-0.4, -0.2) is 16.6 Å². The van der Waals surface area contributed by atoms with Gasteiger partial charge in [0.25, 0.3) is 0 Å². The van der Waals surface area contributed by atoms with Crippen molar-refractivity contribution in [3.63, 3.8) is 0 Å². The zero-order chi connectivity index (χ0) is 13.2. The van der Waals surface area contributed by atoms with E-state index in [1.165, 1.54) is 5.01 Å². The van der Waals surface area contributed by atoms with Gasteiger partial charge in [-0.25, -0.2) is 5.01 Å². The molecule has 0 spiro atoms. The number of hydrazone groups is 1. The number of hydrogen-bond acceptors (Lipinski definition) is 4. The van der Waals surface area contributed by atoms with E-state index in [2.05, 4.69) is 5.10 Å². The molecule has 1 amide bonds. The van der Waals surface area contributed by atoms with E-state index in [0.29, 0.717) is 18.6 Å². The molecule has 0 fully saturated rings. The highest BCUT2D eigenvalue weighted by atomic mass is 16.3. The molecule has 1 aliphatic rings. The van der Waals surface area contributed by atoms with Gasteiger partial charge in [-0.3, -0.25) is 4.79 Å². The average molecular weight is 258 g/mol. The van der Waals surface area contributed by atoms with Crippen LogP contribution >= 0.6 is 0 Å². The van der Waals surface area contributed by atoms with Crippen molar-refractivity contribution in [3.8, 4) is 0 Å². The first-order valence-corrected chi connectivity index (χ1v) is 6.26. The van der Waals surface area contributed by atoms with Crippen molar-refractivity contribution >= 4 is 11.6 Å². The van der Waals surface area contributed by atoms with Gasteiger partial charge in [-0.15, -0.1) is 0 Å². The molecule has 0 saturated heterocycles. The Balaban J connectivity index is 1.93. The van der Waals surface area contributed by atoms with Gasteiger partial charge in [-0.2, -0.15) is 5.10 Å². The van der Waals surface area contributed by atoms with Crippen LogP contribution in [0.3, 0.4) is 0 Å². The van der Waals surface area contributed by atoms with Gasteiger partial charge in [-0.1, -0.05) is 6.92 Å². The summed E-state index contributed by atoms with van der Waals surface area (Å²) in [5.41, 5.74) is 0.771. The van der Waals surface area contributed by atoms with E-state index >= 15 is 0 Å². The molecule has 0 bridgehead atoms. The van der Waals surface area contributed by atoms with E-state index in [0.717, 1.165) is 11.5 Å². The fourth-order valence-corrected chi connectivity index (χ4v) is 2.20. The first-order chi connectivity index (χ1) is 9.29. The second kappa shape index (κ2) is 4.76. The van der Waals surface area contributed by atoms with Crippen molar-refractivity contribution in [1.82, 2.24) is 5.01 Å². The lowest BCUT2D eigenvalue weighted by molar-refractivity contribution is -0.133.